The zero-order chi connectivity index (χ0) is 16.3. The quantitative estimate of drug-likeness (QED) is 0.872. The Kier molecular flexibility index (Phi) is 5.55. The molecule has 1 aromatic rings. The maximum Gasteiger partial charge on any atom is 0.159 e. The third-order valence-electron chi connectivity index (χ3n) is 4.35. The largest absolute Gasteiger partial charge is 0.310 e. The molecule has 0 bridgehead atoms. The summed E-state index contributed by atoms with van der Waals surface area (Å²) >= 11 is 0. The summed E-state index contributed by atoms with van der Waals surface area (Å²) in [5.74, 6) is -1.66. The third kappa shape index (κ3) is 4.49. The number of rotatable bonds is 6. The van der Waals surface area contributed by atoms with Gasteiger partial charge >= 0.3 is 0 Å². The molecule has 3 atom stereocenters. The highest BCUT2D eigenvalue weighted by atomic mass is 32.2. The van der Waals surface area contributed by atoms with Crippen molar-refractivity contribution >= 4 is 9.84 Å². The van der Waals surface area contributed by atoms with Crippen LogP contribution in [0.1, 0.15) is 38.2 Å². The van der Waals surface area contributed by atoms with Gasteiger partial charge in [-0.1, -0.05) is 12.5 Å². The van der Waals surface area contributed by atoms with E-state index in [0.29, 0.717) is 12.8 Å². The average Bonchev–Trinajstić information content (AvgIpc) is 2.88. The molecule has 0 amide bonds. The summed E-state index contributed by atoms with van der Waals surface area (Å²) < 4.78 is 49.5. The number of aryl methyl sites for hydroxylation is 1. The van der Waals surface area contributed by atoms with Gasteiger partial charge in [-0.15, -0.1) is 0 Å². The molecule has 0 saturated heterocycles. The Hall–Kier alpha value is -1.01. The standard InChI is InChI=1S/C16H23F2NO2S/c1-11(6-7-12-8-9-13(17)14(18)10-12)19-15-4-3-5-16(15)22(2,20)21/h8-11,15-16,19H,3-7H2,1-2H3/t11-,15+,16+/m1/s1. The monoisotopic (exact) mass is 331 g/mol. The first-order chi connectivity index (χ1) is 10.3. The van der Waals surface area contributed by atoms with E-state index in [1.165, 1.54) is 12.3 Å². The number of hydrogen-bond donors (Lipinski definition) is 1. The van der Waals surface area contributed by atoms with Gasteiger partial charge in [0.2, 0.25) is 0 Å². The van der Waals surface area contributed by atoms with Crippen LogP contribution in [0.4, 0.5) is 8.78 Å². The molecule has 3 nitrogen and oxygen atoms in total. The van der Waals surface area contributed by atoms with Gasteiger partial charge in [-0.2, -0.15) is 0 Å². The second-order valence-corrected chi connectivity index (χ2v) is 8.52. The van der Waals surface area contributed by atoms with E-state index in [1.807, 2.05) is 6.92 Å². The normalized spacial score (nSPS) is 23.6. The molecule has 124 valence electrons. The minimum absolute atomic E-state index is 0.00467. The van der Waals surface area contributed by atoms with Crippen LogP contribution in [0.15, 0.2) is 18.2 Å². The molecule has 1 fully saturated rings. The Labute approximate surface area is 131 Å². The molecule has 1 aromatic carbocycles. The fraction of sp³-hybridized carbons (Fsp3) is 0.625. The molecular weight excluding hydrogens is 308 g/mol. The van der Waals surface area contributed by atoms with Crippen molar-refractivity contribution in [1.29, 1.82) is 0 Å². The Morgan fingerprint density at radius 3 is 2.64 bits per heavy atom. The van der Waals surface area contributed by atoms with Crippen LogP contribution in [-0.4, -0.2) is 32.0 Å². The number of hydrogen-bond acceptors (Lipinski definition) is 3. The second-order valence-electron chi connectivity index (χ2n) is 6.26. The summed E-state index contributed by atoms with van der Waals surface area (Å²) in [5, 5.41) is 3.08. The lowest BCUT2D eigenvalue weighted by Gasteiger charge is -2.24. The summed E-state index contributed by atoms with van der Waals surface area (Å²) in [5.41, 5.74) is 0.749. The highest BCUT2D eigenvalue weighted by molar-refractivity contribution is 7.91. The lowest BCUT2D eigenvalue weighted by molar-refractivity contribution is 0.428. The fourth-order valence-electron chi connectivity index (χ4n) is 3.16. The molecule has 0 radical (unpaired) electrons. The smallest absolute Gasteiger partial charge is 0.159 e. The predicted octanol–water partition coefficient (Wildman–Crippen LogP) is 2.84. The first-order valence-corrected chi connectivity index (χ1v) is 9.61. The van der Waals surface area contributed by atoms with Crippen molar-refractivity contribution in [1.82, 2.24) is 5.32 Å². The van der Waals surface area contributed by atoms with E-state index in [9.17, 15) is 17.2 Å². The zero-order valence-electron chi connectivity index (χ0n) is 13.0. The van der Waals surface area contributed by atoms with Crippen molar-refractivity contribution in [3.8, 4) is 0 Å². The topological polar surface area (TPSA) is 46.2 Å². The molecule has 6 heteroatoms. The molecule has 0 aliphatic heterocycles. The van der Waals surface area contributed by atoms with Crippen LogP contribution in [0.3, 0.4) is 0 Å². The van der Waals surface area contributed by atoms with E-state index in [0.717, 1.165) is 30.9 Å². The fourth-order valence-corrected chi connectivity index (χ4v) is 4.56. The SMILES string of the molecule is C[C@H](CCc1ccc(F)c(F)c1)N[C@H]1CCC[C@@H]1S(C)(=O)=O. The van der Waals surface area contributed by atoms with Crippen molar-refractivity contribution in [3.63, 3.8) is 0 Å². The molecular formula is C16H23F2NO2S. The van der Waals surface area contributed by atoms with Crippen LogP contribution < -0.4 is 5.32 Å². The number of sulfone groups is 1. The molecule has 1 aliphatic carbocycles. The maximum absolute atomic E-state index is 13.2. The first kappa shape index (κ1) is 17.3. The van der Waals surface area contributed by atoms with Crippen LogP contribution in [-0.2, 0) is 16.3 Å². The number of nitrogens with one attached hydrogen (secondary N) is 1. The molecule has 1 saturated carbocycles. The van der Waals surface area contributed by atoms with Gasteiger partial charge < -0.3 is 5.32 Å². The first-order valence-electron chi connectivity index (χ1n) is 7.66. The molecule has 0 spiro atoms. The van der Waals surface area contributed by atoms with Crippen LogP contribution >= 0.6 is 0 Å². The molecule has 0 aromatic heterocycles. The van der Waals surface area contributed by atoms with Crippen molar-refractivity contribution in [2.45, 2.75) is 56.4 Å². The predicted molar refractivity (Wildman–Crippen MR) is 83.5 cm³/mol. The van der Waals surface area contributed by atoms with E-state index in [1.54, 1.807) is 6.07 Å². The lowest BCUT2D eigenvalue weighted by atomic mass is 10.0. The van der Waals surface area contributed by atoms with Gasteiger partial charge in [-0.25, -0.2) is 17.2 Å². The maximum atomic E-state index is 13.2. The van der Waals surface area contributed by atoms with E-state index < -0.39 is 21.5 Å². The molecule has 0 unspecified atom stereocenters. The van der Waals surface area contributed by atoms with Crippen molar-refractivity contribution < 1.29 is 17.2 Å². The van der Waals surface area contributed by atoms with Crippen molar-refractivity contribution in [2.24, 2.45) is 0 Å². The highest BCUT2D eigenvalue weighted by Gasteiger charge is 2.35. The summed E-state index contributed by atoms with van der Waals surface area (Å²) in [7, 11) is -3.03. The molecule has 1 aliphatic rings. The van der Waals surface area contributed by atoms with Crippen molar-refractivity contribution in [3.05, 3.63) is 35.4 Å². The molecule has 2 rings (SSSR count). The minimum Gasteiger partial charge on any atom is -0.310 e. The van der Waals surface area contributed by atoms with Gasteiger partial charge in [0, 0.05) is 18.3 Å². The summed E-state index contributed by atoms with van der Waals surface area (Å²) in [6, 6.07) is 4.06. The van der Waals surface area contributed by atoms with Gasteiger partial charge in [-0.05, 0) is 50.3 Å². The number of halogens is 2. The molecule has 1 N–H and O–H groups in total. The van der Waals surface area contributed by atoms with Gasteiger partial charge in [-0.3, -0.25) is 0 Å². The van der Waals surface area contributed by atoms with Gasteiger partial charge in [0.05, 0.1) is 5.25 Å². The number of benzene rings is 1. The van der Waals surface area contributed by atoms with E-state index in [2.05, 4.69) is 5.32 Å². The second kappa shape index (κ2) is 7.04. The third-order valence-corrected chi connectivity index (χ3v) is 6.02. The Morgan fingerprint density at radius 1 is 1.27 bits per heavy atom. The van der Waals surface area contributed by atoms with Gasteiger partial charge in [0.15, 0.2) is 21.5 Å². The summed E-state index contributed by atoms with van der Waals surface area (Å²) in [6.07, 6.45) is 5.17. The van der Waals surface area contributed by atoms with Crippen LogP contribution in [0.5, 0.6) is 0 Å². The molecule has 0 heterocycles. The van der Waals surface area contributed by atoms with Crippen molar-refractivity contribution in [2.75, 3.05) is 6.26 Å². The summed E-state index contributed by atoms with van der Waals surface area (Å²) in [4.78, 5) is 0. The van der Waals surface area contributed by atoms with Crippen LogP contribution in [0.25, 0.3) is 0 Å². The van der Waals surface area contributed by atoms with Gasteiger partial charge in [0.25, 0.3) is 0 Å². The lowest BCUT2D eigenvalue weighted by Crippen LogP contribution is -2.44. The van der Waals surface area contributed by atoms with Gasteiger partial charge in [0.1, 0.15) is 0 Å². The Balaban J connectivity index is 1.87. The average molecular weight is 331 g/mol. The zero-order valence-corrected chi connectivity index (χ0v) is 13.8. The van der Waals surface area contributed by atoms with Crippen LogP contribution in [0, 0.1) is 11.6 Å². The van der Waals surface area contributed by atoms with E-state index in [4.69, 9.17) is 0 Å². The summed E-state index contributed by atoms with van der Waals surface area (Å²) in [6.45, 7) is 2.00. The highest BCUT2D eigenvalue weighted by Crippen LogP contribution is 2.25. The molecule has 22 heavy (non-hydrogen) atoms. The Bertz CT molecular complexity index is 619. The minimum atomic E-state index is -3.03. The van der Waals surface area contributed by atoms with E-state index >= 15 is 0 Å². The Morgan fingerprint density at radius 2 is 2.00 bits per heavy atom. The van der Waals surface area contributed by atoms with E-state index in [-0.39, 0.29) is 17.3 Å². The van der Waals surface area contributed by atoms with Crippen LogP contribution in [0.2, 0.25) is 0 Å².